The molecule has 72 heavy (non-hydrogen) atoms. The molecule has 2 heterocycles. The van der Waals surface area contributed by atoms with Gasteiger partial charge in [0.05, 0.1) is 50.5 Å². The lowest BCUT2D eigenvalue weighted by Gasteiger charge is -2.23. The van der Waals surface area contributed by atoms with Crippen molar-refractivity contribution in [3.05, 3.63) is 215 Å². The van der Waals surface area contributed by atoms with Crippen molar-refractivity contribution in [2.75, 3.05) is 0 Å². The number of hydrogen-bond acceptors (Lipinski definition) is 1. The highest BCUT2D eigenvalue weighted by Gasteiger charge is 2.43. The van der Waals surface area contributed by atoms with E-state index in [1.54, 1.807) is 12.1 Å². The van der Waals surface area contributed by atoms with Crippen LogP contribution in [0.2, 0.25) is 0 Å². The van der Waals surface area contributed by atoms with Crippen LogP contribution < -0.4 is 0 Å². The van der Waals surface area contributed by atoms with Gasteiger partial charge in [0.1, 0.15) is 0 Å². The van der Waals surface area contributed by atoms with E-state index in [4.69, 9.17) is 0 Å². The van der Waals surface area contributed by atoms with Gasteiger partial charge in [-0.25, -0.2) is 0 Å². The first-order chi connectivity index (χ1) is 34.5. The molecule has 0 fully saturated rings. The van der Waals surface area contributed by atoms with E-state index < -0.39 is 34.5 Å². The van der Waals surface area contributed by atoms with Gasteiger partial charge in [-0.3, -0.25) is 0 Å². The Balaban J connectivity index is 1.13. The van der Waals surface area contributed by atoms with Crippen LogP contribution in [-0.4, -0.2) is 9.13 Å². The Labute approximate surface area is 410 Å². The first-order valence-corrected chi connectivity index (χ1v) is 23.8. The smallest absolute Gasteiger partial charge is 0.309 e. The Hall–Kier alpha value is -8.35. The van der Waals surface area contributed by atoms with Crippen LogP contribution in [0.1, 0.15) is 66.6 Å². The molecule has 11 aromatic rings. The number of hydrogen-bond donors (Lipinski definition) is 0. The largest absolute Gasteiger partial charge is 0.417 e. The zero-order chi connectivity index (χ0) is 49.8. The topological polar surface area (TPSA) is 33.6 Å². The van der Waals surface area contributed by atoms with Crippen LogP contribution >= 0.6 is 0 Å². The zero-order valence-electron chi connectivity index (χ0n) is 39.4. The fourth-order valence-corrected chi connectivity index (χ4v) is 12.6. The number of alkyl halides is 6. The lowest BCUT2D eigenvalue weighted by atomic mass is 9.80. The van der Waals surface area contributed by atoms with Gasteiger partial charge in [-0.05, 0) is 117 Å². The highest BCUT2D eigenvalue weighted by molar-refractivity contribution is 6.16. The summed E-state index contributed by atoms with van der Waals surface area (Å²) < 4.78 is 94.3. The Morgan fingerprint density at radius 1 is 0.431 bits per heavy atom. The average molecular weight is 954 g/mol. The third kappa shape index (κ3) is 5.92. The van der Waals surface area contributed by atoms with E-state index in [1.807, 2.05) is 71.3 Å². The fourth-order valence-electron chi connectivity index (χ4n) is 12.6. The summed E-state index contributed by atoms with van der Waals surface area (Å²) in [5.41, 5.74) is 9.68. The minimum absolute atomic E-state index is 0.189. The van der Waals surface area contributed by atoms with Crippen LogP contribution in [0.4, 0.5) is 26.3 Å². The molecule has 0 spiro atoms. The van der Waals surface area contributed by atoms with Crippen molar-refractivity contribution in [2.24, 2.45) is 0 Å². The summed E-state index contributed by atoms with van der Waals surface area (Å²) in [5, 5.41) is 15.0. The van der Waals surface area contributed by atoms with E-state index in [0.29, 0.717) is 29.1 Å². The molecule has 0 N–H and O–H groups in total. The Kier molecular flexibility index (Phi) is 9.00. The SMILES string of the molecule is CC1(C)c2ccccc2-c2ccc3c(c21)c1ccccc1n3-c1ccc(C#N)c(-c2cc(-c3c(C(F)(F)F)cccc3C(F)(F)F)ccc2-n2c3ccccc3c3c4c(ccc32)-c2ccccc2C4(C)C)c1. The molecule has 0 unspecified atom stereocenters. The van der Waals surface area contributed by atoms with Crippen molar-refractivity contribution in [3.63, 3.8) is 0 Å². The normalized spacial score (nSPS) is 14.5. The molecule has 0 radical (unpaired) electrons. The number of halogens is 6. The molecule has 9 heteroatoms. The maximum absolute atomic E-state index is 15.0. The average Bonchev–Trinajstić information content (AvgIpc) is 4.04. The van der Waals surface area contributed by atoms with Gasteiger partial charge in [0.2, 0.25) is 0 Å². The third-order valence-corrected chi connectivity index (χ3v) is 15.6. The van der Waals surface area contributed by atoms with Crippen molar-refractivity contribution >= 4 is 43.6 Å². The summed E-state index contributed by atoms with van der Waals surface area (Å²) in [5.74, 6) is 0. The highest BCUT2D eigenvalue weighted by Crippen LogP contribution is 2.56. The maximum atomic E-state index is 15.0. The number of rotatable bonds is 4. The summed E-state index contributed by atoms with van der Waals surface area (Å²) >= 11 is 0. The van der Waals surface area contributed by atoms with E-state index in [-0.39, 0.29) is 22.1 Å². The number of nitriles is 1. The first-order valence-electron chi connectivity index (χ1n) is 23.8. The van der Waals surface area contributed by atoms with Crippen molar-refractivity contribution in [2.45, 2.75) is 50.9 Å². The van der Waals surface area contributed by atoms with Crippen LogP contribution in [-0.2, 0) is 23.2 Å². The van der Waals surface area contributed by atoms with Crippen LogP contribution in [0.15, 0.2) is 176 Å². The van der Waals surface area contributed by atoms with Gasteiger partial charge >= 0.3 is 12.4 Å². The number of aromatic nitrogens is 2. The van der Waals surface area contributed by atoms with Crippen LogP contribution in [0, 0.1) is 11.3 Å². The molecule has 13 rings (SSSR count). The van der Waals surface area contributed by atoms with Gasteiger partial charge in [0.15, 0.2) is 0 Å². The third-order valence-electron chi connectivity index (χ3n) is 15.6. The molecule has 0 aliphatic heterocycles. The van der Waals surface area contributed by atoms with Crippen LogP contribution in [0.25, 0.3) is 99.5 Å². The molecule has 0 saturated heterocycles. The molecule has 0 amide bonds. The molecule has 0 saturated carbocycles. The second-order valence-electron chi connectivity index (χ2n) is 20.1. The van der Waals surface area contributed by atoms with E-state index in [1.165, 1.54) is 34.4 Å². The van der Waals surface area contributed by atoms with Crippen molar-refractivity contribution in [1.82, 2.24) is 9.13 Å². The zero-order valence-corrected chi connectivity index (χ0v) is 39.4. The maximum Gasteiger partial charge on any atom is 0.417 e. The summed E-state index contributed by atoms with van der Waals surface area (Å²) in [6.07, 6.45) is -10.3. The van der Waals surface area contributed by atoms with Gasteiger partial charge in [-0.1, -0.05) is 137 Å². The Morgan fingerprint density at radius 2 is 0.931 bits per heavy atom. The number of nitrogens with zero attached hydrogens (tertiary/aromatic N) is 3. The summed E-state index contributed by atoms with van der Waals surface area (Å²) in [7, 11) is 0. The molecular weight excluding hydrogens is 913 g/mol. The molecule has 350 valence electrons. The van der Waals surface area contributed by atoms with E-state index in [0.717, 1.165) is 71.9 Å². The Morgan fingerprint density at radius 3 is 1.47 bits per heavy atom. The second kappa shape index (κ2) is 14.8. The molecular formula is C63H41F6N3. The van der Waals surface area contributed by atoms with Gasteiger partial charge in [-0.2, -0.15) is 31.6 Å². The minimum Gasteiger partial charge on any atom is -0.309 e. The number of para-hydroxylation sites is 2. The van der Waals surface area contributed by atoms with Crippen LogP contribution in [0.3, 0.4) is 0 Å². The molecule has 9 aromatic carbocycles. The fraction of sp³-hybridized carbons (Fsp3) is 0.127. The summed E-state index contributed by atoms with van der Waals surface area (Å²) in [6, 6.07) is 55.5. The van der Waals surface area contributed by atoms with E-state index >= 15 is 26.3 Å². The van der Waals surface area contributed by atoms with Crippen molar-refractivity contribution in [1.29, 1.82) is 5.26 Å². The molecule has 2 aliphatic carbocycles. The summed E-state index contributed by atoms with van der Waals surface area (Å²) in [4.78, 5) is 0. The standard InChI is InChI=1S/C63H41F6N3/c1-60(2)46-18-9-5-14-38(46)40-27-30-53-56(58(40)60)42-16-7-11-22-50(42)71(53)37-26-24-36(34-70)44(33-37)45-32-35(55-48(62(64,65)66)20-13-21-49(55)63(67,68)69)25-29-52(45)72-51-23-12-8-17-43(51)57-54(72)31-28-41-39-15-6-10-19-47(39)61(3,4)59(41)57/h5-33H,1-4H3. The molecule has 2 aliphatic rings. The first kappa shape index (κ1) is 43.7. The van der Waals surface area contributed by atoms with Gasteiger partial charge in [-0.15, -0.1) is 0 Å². The number of fused-ring (bicyclic) bond motifs is 14. The second-order valence-corrected chi connectivity index (χ2v) is 20.1. The minimum atomic E-state index is -5.13. The lowest BCUT2D eigenvalue weighted by Crippen LogP contribution is -2.15. The van der Waals surface area contributed by atoms with Crippen molar-refractivity contribution < 1.29 is 26.3 Å². The predicted molar refractivity (Wildman–Crippen MR) is 276 cm³/mol. The predicted octanol–water partition coefficient (Wildman–Crippen LogP) is 17.7. The monoisotopic (exact) mass is 953 g/mol. The van der Waals surface area contributed by atoms with E-state index in [2.05, 4.69) is 105 Å². The van der Waals surface area contributed by atoms with Gasteiger partial charge < -0.3 is 9.13 Å². The molecule has 2 aromatic heterocycles. The summed E-state index contributed by atoms with van der Waals surface area (Å²) in [6.45, 7) is 8.88. The van der Waals surface area contributed by atoms with Gasteiger partial charge in [0, 0.05) is 54.8 Å². The molecule has 0 atom stereocenters. The van der Waals surface area contributed by atoms with Crippen molar-refractivity contribution in [3.8, 4) is 62.0 Å². The molecule has 3 nitrogen and oxygen atoms in total. The molecule has 0 bridgehead atoms. The highest BCUT2D eigenvalue weighted by atomic mass is 19.4. The Bertz CT molecular complexity index is 4180. The number of benzene rings is 9. The quantitative estimate of drug-likeness (QED) is 0.162. The van der Waals surface area contributed by atoms with Gasteiger partial charge in [0.25, 0.3) is 0 Å². The van der Waals surface area contributed by atoms with E-state index in [9.17, 15) is 5.26 Å². The van der Waals surface area contributed by atoms with Crippen LogP contribution in [0.5, 0.6) is 0 Å². The lowest BCUT2D eigenvalue weighted by molar-refractivity contribution is -0.142.